The molecular weight excluding hydrogens is 355 g/mol. The number of alkyl halides is 3. The fraction of sp³-hybridized carbons (Fsp3) is 0.812. The molecule has 3 amide bonds. The Labute approximate surface area is 149 Å². The van der Waals surface area contributed by atoms with Gasteiger partial charge in [-0.1, -0.05) is 19.8 Å². The lowest BCUT2D eigenvalue weighted by Crippen LogP contribution is -2.49. The van der Waals surface area contributed by atoms with Crippen molar-refractivity contribution in [3.63, 3.8) is 0 Å². The minimum atomic E-state index is -4.65. The van der Waals surface area contributed by atoms with Gasteiger partial charge in [0, 0.05) is 19.1 Å². The predicted octanol–water partition coefficient (Wildman–Crippen LogP) is 1.59. The third-order valence-electron chi connectivity index (χ3n) is 5.18. The molecule has 0 aromatic heterocycles. The average molecular weight is 379 g/mol. The summed E-state index contributed by atoms with van der Waals surface area (Å²) in [7, 11) is 0. The maximum atomic E-state index is 12.9. The monoisotopic (exact) mass is 379 g/mol. The van der Waals surface area contributed by atoms with Gasteiger partial charge >= 0.3 is 18.2 Å². The molecule has 0 aromatic rings. The lowest BCUT2D eigenvalue weighted by atomic mass is 9.86. The number of halogens is 3. The molecule has 1 saturated carbocycles. The first-order chi connectivity index (χ1) is 12.1. The number of rotatable bonds is 4. The number of nitrogens with one attached hydrogen (secondary N) is 2. The van der Waals surface area contributed by atoms with Crippen LogP contribution in [0, 0.1) is 17.8 Å². The number of nitrogens with zero attached hydrogens (tertiary/aromatic N) is 1. The van der Waals surface area contributed by atoms with Crippen molar-refractivity contribution in [3.8, 4) is 0 Å². The molecule has 148 valence electrons. The van der Waals surface area contributed by atoms with E-state index in [9.17, 15) is 27.6 Å². The minimum Gasteiger partial charge on any atom is -0.481 e. The number of amides is 3. The zero-order chi connectivity index (χ0) is 19.5. The van der Waals surface area contributed by atoms with Crippen molar-refractivity contribution in [2.24, 2.45) is 17.8 Å². The van der Waals surface area contributed by atoms with Crippen LogP contribution < -0.4 is 10.6 Å². The Morgan fingerprint density at radius 3 is 2.35 bits per heavy atom. The van der Waals surface area contributed by atoms with Gasteiger partial charge in [0.15, 0.2) is 0 Å². The summed E-state index contributed by atoms with van der Waals surface area (Å²) >= 11 is 0. The van der Waals surface area contributed by atoms with Crippen molar-refractivity contribution >= 4 is 17.9 Å². The number of urea groups is 1. The first-order valence-corrected chi connectivity index (χ1v) is 8.70. The molecule has 10 heteroatoms. The van der Waals surface area contributed by atoms with Crippen molar-refractivity contribution in [1.29, 1.82) is 0 Å². The number of carboxylic acid groups (broad SMARTS) is 1. The van der Waals surface area contributed by atoms with E-state index in [-0.39, 0.29) is 12.6 Å². The summed E-state index contributed by atoms with van der Waals surface area (Å²) in [6.45, 7) is 0.604. The zero-order valence-corrected chi connectivity index (χ0v) is 14.5. The summed E-state index contributed by atoms with van der Waals surface area (Å²) < 4.78 is 38.8. The third-order valence-corrected chi connectivity index (χ3v) is 5.18. The van der Waals surface area contributed by atoms with E-state index in [0.717, 1.165) is 30.6 Å². The molecule has 1 aliphatic heterocycles. The van der Waals surface area contributed by atoms with E-state index in [0.29, 0.717) is 5.92 Å². The van der Waals surface area contributed by atoms with Gasteiger partial charge in [0.25, 0.3) is 0 Å². The molecule has 1 aliphatic carbocycles. The maximum absolute atomic E-state index is 12.9. The Morgan fingerprint density at radius 2 is 1.81 bits per heavy atom. The fourth-order valence-corrected chi connectivity index (χ4v) is 3.70. The van der Waals surface area contributed by atoms with Gasteiger partial charge in [0.1, 0.15) is 0 Å². The van der Waals surface area contributed by atoms with Gasteiger partial charge in [-0.05, 0) is 18.8 Å². The van der Waals surface area contributed by atoms with Crippen LogP contribution in [-0.2, 0) is 9.59 Å². The lowest BCUT2D eigenvalue weighted by molar-refractivity contribution is -0.188. The second-order valence-electron chi connectivity index (χ2n) is 7.18. The summed E-state index contributed by atoms with van der Waals surface area (Å²) in [6.07, 6.45) is -0.750. The molecule has 7 nitrogen and oxygen atoms in total. The van der Waals surface area contributed by atoms with Crippen LogP contribution in [0.25, 0.3) is 0 Å². The van der Waals surface area contributed by atoms with Crippen LogP contribution in [0.4, 0.5) is 18.0 Å². The van der Waals surface area contributed by atoms with Gasteiger partial charge in [-0.25, -0.2) is 4.79 Å². The standard InChI is InChI=1S/C16H24F3N3O4/c1-9-4-2-3-5-12(9)20-15(26)21-13(23)8-22-6-10(14(24)25)11(7-22)16(17,18)19/h9-12H,2-8H2,1H3,(H,24,25)(H2,20,21,23,26)/t9?,10-,11-,12?/m1/s1. The Bertz CT molecular complexity index is 555. The Balaban J connectivity index is 1.83. The SMILES string of the molecule is CC1CCCCC1NC(=O)NC(=O)CN1C[C@@H](C(F)(F)F)[C@H](C(=O)O)C1. The van der Waals surface area contributed by atoms with Crippen LogP contribution in [0.1, 0.15) is 32.6 Å². The highest BCUT2D eigenvalue weighted by Crippen LogP contribution is 2.37. The Morgan fingerprint density at radius 1 is 1.15 bits per heavy atom. The number of imide groups is 1. The molecule has 2 fully saturated rings. The highest BCUT2D eigenvalue weighted by molar-refractivity contribution is 5.95. The van der Waals surface area contributed by atoms with Crippen LogP contribution in [0.3, 0.4) is 0 Å². The van der Waals surface area contributed by atoms with E-state index in [2.05, 4.69) is 10.6 Å². The van der Waals surface area contributed by atoms with Crippen molar-refractivity contribution in [1.82, 2.24) is 15.5 Å². The summed E-state index contributed by atoms with van der Waals surface area (Å²) in [5, 5.41) is 13.8. The molecule has 3 N–H and O–H groups in total. The molecule has 2 aliphatic rings. The topological polar surface area (TPSA) is 98.7 Å². The van der Waals surface area contributed by atoms with Crippen molar-refractivity contribution in [2.75, 3.05) is 19.6 Å². The molecule has 0 spiro atoms. The van der Waals surface area contributed by atoms with Crippen molar-refractivity contribution in [3.05, 3.63) is 0 Å². The van der Waals surface area contributed by atoms with Gasteiger partial charge in [0.05, 0.1) is 18.4 Å². The number of aliphatic carboxylic acids is 1. The molecule has 0 bridgehead atoms. The molecule has 4 atom stereocenters. The van der Waals surface area contributed by atoms with E-state index >= 15 is 0 Å². The maximum Gasteiger partial charge on any atom is 0.393 e. The number of carboxylic acids is 1. The van der Waals surface area contributed by atoms with Gasteiger partial charge in [-0.15, -0.1) is 0 Å². The first-order valence-electron chi connectivity index (χ1n) is 8.70. The average Bonchev–Trinajstić information content (AvgIpc) is 2.93. The van der Waals surface area contributed by atoms with Crippen LogP contribution >= 0.6 is 0 Å². The molecule has 1 saturated heterocycles. The zero-order valence-electron chi connectivity index (χ0n) is 14.5. The molecule has 0 radical (unpaired) electrons. The molecule has 0 aromatic carbocycles. The van der Waals surface area contributed by atoms with Crippen molar-refractivity contribution < 1.29 is 32.7 Å². The predicted molar refractivity (Wildman–Crippen MR) is 85.2 cm³/mol. The molecule has 26 heavy (non-hydrogen) atoms. The van der Waals surface area contributed by atoms with E-state index in [1.165, 1.54) is 0 Å². The highest BCUT2D eigenvalue weighted by atomic mass is 19.4. The second-order valence-corrected chi connectivity index (χ2v) is 7.18. The van der Waals surface area contributed by atoms with E-state index in [1.807, 2.05) is 6.92 Å². The Hall–Kier alpha value is -1.84. The number of carbonyl (C=O) groups excluding carboxylic acids is 2. The highest BCUT2D eigenvalue weighted by Gasteiger charge is 2.52. The number of carbonyl (C=O) groups is 3. The Kier molecular flexibility index (Phi) is 6.48. The van der Waals surface area contributed by atoms with Crippen LogP contribution in [0.5, 0.6) is 0 Å². The largest absolute Gasteiger partial charge is 0.481 e. The molecule has 2 unspecified atom stereocenters. The smallest absolute Gasteiger partial charge is 0.393 e. The van der Waals surface area contributed by atoms with Crippen LogP contribution in [-0.4, -0.2) is 59.8 Å². The quantitative estimate of drug-likeness (QED) is 0.689. The van der Waals surface area contributed by atoms with E-state index in [1.54, 1.807) is 0 Å². The number of likely N-dealkylation sites (tertiary alicyclic amines) is 1. The van der Waals surface area contributed by atoms with E-state index < -0.39 is 49.0 Å². The molecule has 1 heterocycles. The van der Waals surface area contributed by atoms with Crippen LogP contribution in [0.15, 0.2) is 0 Å². The fourth-order valence-electron chi connectivity index (χ4n) is 3.70. The van der Waals surface area contributed by atoms with Gasteiger partial charge in [0.2, 0.25) is 5.91 Å². The summed E-state index contributed by atoms with van der Waals surface area (Å²) in [5.41, 5.74) is 0. The van der Waals surface area contributed by atoms with Gasteiger partial charge < -0.3 is 10.4 Å². The van der Waals surface area contributed by atoms with E-state index in [4.69, 9.17) is 5.11 Å². The number of hydrogen-bond donors (Lipinski definition) is 3. The third kappa shape index (κ3) is 5.33. The summed E-state index contributed by atoms with van der Waals surface area (Å²) in [6, 6.07) is -0.704. The van der Waals surface area contributed by atoms with Gasteiger partial charge in [-0.2, -0.15) is 13.2 Å². The van der Waals surface area contributed by atoms with Crippen molar-refractivity contribution in [2.45, 2.75) is 44.8 Å². The normalized spacial score (nSPS) is 30.0. The lowest BCUT2D eigenvalue weighted by Gasteiger charge is -2.29. The first kappa shape index (κ1) is 20.5. The number of hydrogen-bond acceptors (Lipinski definition) is 4. The summed E-state index contributed by atoms with van der Waals surface area (Å²) in [5.74, 6) is -5.63. The van der Waals surface area contributed by atoms with Crippen LogP contribution in [0.2, 0.25) is 0 Å². The second kappa shape index (κ2) is 8.24. The minimum absolute atomic E-state index is 0.0330. The molecular formula is C16H24F3N3O4. The summed E-state index contributed by atoms with van der Waals surface area (Å²) in [4.78, 5) is 36.0. The van der Waals surface area contributed by atoms with Gasteiger partial charge in [-0.3, -0.25) is 19.8 Å². The molecule has 2 rings (SSSR count).